The molecule has 0 amide bonds. The minimum absolute atomic E-state index is 0. The molecule has 0 rings (SSSR count). The average Bonchev–Trinajstić information content (AvgIpc) is 2.55. The fourth-order valence-electron chi connectivity index (χ4n) is 3.20. The van der Waals surface area contributed by atoms with Gasteiger partial charge in [-0.25, -0.2) is 8.42 Å². The first-order valence-electron chi connectivity index (χ1n) is 10.6. The van der Waals surface area contributed by atoms with E-state index in [0.29, 0.717) is 6.42 Å². The van der Waals surface area contributed by atoms with E-state index in [1.54, 1.807) is 0 Å². The molecule has 0 radical (unpaired) electrons. The molecule has 152 valence electrons. The van der Waals surface area contributed by atoms with Crippen LogP contribution in [0, 0.1) is 0 Å². The zero-order valence-corrected chi connectivity index (χ0v) is 21.3. The number of aliphatic hydroxyl groups is 1. The first kappa shape index (κ1) is 29.7. The Morgan fingerprint density at radius 2 is 1.04 bits per heavy atom. The average molecular weight is 417 g/mol. The number of aliphatic hydroxyl groups excluding tert-OH is 1. The summed E-state index contributed by atoms with van der Waals surface area (Å²) in [5, 5.41) is 9.93. The summed E-state index contributed by atoms with van der Waals surface area (Å²) in [6.45, 7) is 2.25. The molecule has 0 saturated heterocycles. The molecule has 0 aliphatic heterocycles. The smallest absolute Gasteiger partial charge is 0.748 e. The summed E-state index contributed by atoms with van der Waals surface area (Å²) < 4.78 is 31.4. The minimum Gasteiger partial charge on any atom is -0.748 e. The maximum atomic E-state index is 10.5. The zero-order valence-electron chi connectivity index (χ0n) is 17.4. The molecule has 1 atom stereocenters. The van der Waals surface area contributed by atoms with Gasteiger partial charge in [0.2, 0.25) is 0 Å². The number of hydrogen-bond donors (Lipinski definition) is 1. The van der Waals surface area contributed by atoms with Crippen molar-refractivity contribution < 1.29 is 69.5 Å². The molecule has 0 heterocycles. The van der Waals surface area contributed by atoms with Crippen molar-refractivity contribution in [3.63, 3.8) is 0 Å². The van der Waals surface area contributed by atoms with Crippen LogP contribution in [0.15, 0.2) is 0 Å². The number of hydrogen-bond acceptors (Lipinski definition) is 4. The summed E-state index contributed by atoms with van der Waals surface area (Å²) in [5.41, 5.74) is 0. The monoisotopic (exact) mass is 416 g/mol. The summed E-state index contributed by atoms with van der Waals surface area (Å²) in [6.07, 6.45) is 19.0. The predicted molar refractivity (Wildman–Crippen MR) is 105 cm³/mol. The van der Waals surface area contributed by atoms with Crippen molar-refractivity contribution in [3.8, 4) is 0 Å². The molecule has 0 aromatic carbocycles. The molecule has 0 bridgehead atoms. The van der Waals surface area contributed by atoms with Gasteiger partial charge in [-0.05, 0) is 19.3 Å². The molecule has 1 unspecified atom stereocenters. The van der Waals surface area contributed by atoms with Gasteiger partial charge in [-0.3, -0.25) is 0 Å². The Hall–Kier alpha value is 1.51. The van der Waals surface area contributed by atoms with Crippen molar-refractivity contribution in [3.05, 3.63) is 0 Å². The van der Waals surface area contributed by atoms with E-state index in [-0.39, 0.29) is 63.2 Å². The predicted octanol–water partition coefficient (Wildman–Crippen LogP) is 2.55. The van der Waals surface area contributed by atoms with Crippen LogP contribution in [0.3, 0.4) is 0 Å². The van der Waals surface area contributed by atoms with E-state index < -0.39 is 10.1 Å². The van der Waals surface area contributed by atoms with Crippen LogP contribution < -0.4 is 51.4 Å². The van der Waals surface area contributed by atoms with Crippen molar-refractivity contribution in [1.29, 1.82) is 0 Å². The molecule has 0 fully saturated rings. The molecule has 0 aromatic rings. The number of unbranched alkanes of at least 4 members (excludes halogenated alkanes) is 13. The van der Waals surface area contributed by atoms with Crippen molar-refractivity contribution in [2.45, 2.75) is 122 Å². The van der Waals surface area contributed by atoms with Gasteiger partial charge in [-0.2, -0.15) is 0 Å². The maximum absolute atomic E-state index is 10.5. The van der Waals surface area contributed by atoms with E-state index >= 15 is 0 Å². The van der Waals surface area contributed by atoms with Crippen LogP contribution in [-0.2, 0) is 10.1 Å². The van der Waals surface area contributed by atoms with Gasteiger partial charge in [0, 0.05) is 5.75 Å². The van der Waals surface area contributed by atoms with Crippen molar-refractivity contribution >= 4 is 10.1 Å². The van der Waals surface area contributed by atoms with Gasteiger partial charge in [-0.15, -0.1) is 0 Å². The van der Waals surface area contributed by atoms with E-state index in [0.717, 1.165) is 38.5 Å². The molecule has 0 spiro atoms. The Bertz CT molecular complexity index is 374. The summed E-state index contributed by atoms with van der Waals surface area (Å²) in [6, 6.07) is 0. The molecule has 0 saturated carbocycles. The summed E-state index contributed by atoms with van der Waals surface area (Å²) in [7, 11) is -4.06. The molecule has 4 nitrogen and oxygen atoms in total. The van der Waals surface area contributed by atoms with E-state index in [2.05, 4.69) is 6.92 Å². The van der Waals surface area contributed by atoms with Crippen molar-refractivity contribution in [2.75, 3.05) is 5.75 Å². The van der Waals surface area contributed by atoms with Crippen molar-refractivity contribution in [2.24, 2.45) is 0 Å². The Morgan fingerprint density at radius 3 is 1.42 bits per heavy atom. The van der Waals surface area contributed by atoms with Crippen LogP contribution in [0.5, 0.6) is 0 Å². The first-order chi connectivity index (χ1) is 12.0. The standard InChI is InChI=1S/C20H42O4S.K/c1-2-3-4-5-6-7-8-9-10-11-14-17-20(21)18-15-12-13-16-19-25(22,23)24;/h20-21H,2-19H2,1H3,(H,22,23,24);/q;+1/p-1. The van der Waals surface area contributed by atoms with Crippen LogP contribution in [0.1, 0.15) is 116 Å². The van der Waals surface area contributed by atoms with Crippen LogP contribution in [0.2, 0.25) is 0 Å². The van der Waals surface area contributed by atoms with E-state index in [1.807, 2.05) is 0 Å². The van der Waals surface area contributed by atoms with E-state index in [9.17, 15) is 18.1 Å². The maximum Gasteiger partial charge on any atom is 1.00 e. The van der Waals surface area contributed by atoms with Gasteiger partial charge in [0.1, 0.15) is 0 Å². The van der Waals surface area contributed by atoms with Crippen LogP contribution in [-0.4, -0.2) is 29.9 Å². The third kappa shape index (κ3) is 25.5. The molecule has 26 heavy (non-hydrogen) atoms. The summed E-state index contributed by atoms with van der Waals surface area (Å²) in [5.74, 6) is -0.256. The second-order valence-corrected chi connectivity index (χ2v) is 8.97. The second kappa shape index (κ2) is 21.2. The van der Waals surface area contributed by atoms with Gasteiger partial charge in [-0.1, -0.05) is 96.8 Å². The molecule has 0 aromatic heterocycles. The molecule has 6 heteroatoms. The van der Waals surface area contributed by atoms with Crippen LogP contribution >= 0.6 is 0 Å². The third-order valence-electron chi connectivity index (χ3n) is 4.82. The molecule has 0 aliphatic rings. The van der Waals surface area contributed by atoms with E-state index in [4.69, 9.17) is 0 Å². The Labute approximate surface area is 205 Å². The van der Waals surface area contributed by atoms with Gasteiger partial charge < -0.3 is 9.66 Å². The molecular formula is C20H41KO4S. The van der Waals surface area contributed by atoms with E-state index in [1.165, 1.54) is 64.2 Å². The minimum atomic E-state index is -4.06. The fourth-order valence-corrected chi connectivity index (χ4v) is 3.76. The quantitative estimate of drug-likeness (QED) is 0.199. The zero-order chi connectivity index (χ0) is 18.8. The van der Waals surface area contributed by atoms with Crippen LogP contribution in [0.4, 0.5) is 0 Å². The molecule has 1 N–H and O–H groups in total. The molecule has 0 aliphatic carbocycles. The molecular weight excluding hydrogens is 375 g/mol. The summed E-state index contributed by atoms with van der Waals surface area (Å²) >= 11 is 0. The van der Waals surface area contributed by atoms with Gasteiger partial charge >= 0.3 is 51.4 Å². The Morgan fingerprint density at radius 1 is 0.692 bits per heavy atom. The third-order valence-corrected chi connectivity index (χ3v) is 5.61. The van der Waals surface area contributed by atoms with Crippen LogP contribution in [0.25, 0.3) is 0 Å². The first-order valence-corrected chi connectivity index (χ1v) is 12.1. The normalized spacial score (nSPS) is 12.7. The summed E-state index contributed by atoms with van der Waals surface area (Å²) in [4.78, 5) is 0. The SMILES string of the molecule is CCCCCCCCCCCCCC(O)CCCCCCS(=O)(=O)[O-].[K+]. The van der Waals surface area contributed by atoms with Crippen molar-refractivity contribution in [1.82, 2.24) is 0 Å². The largest absolute Gasteiger partial charge is 1.00 e. The van der Waals surface area contributed by atoms with Gasteiger partial charge in [0.15, 0.2) is 0 Å². The Balaban J connectivity index is 0. The fraction of sp³-hybridized carbons (Fsp3) is 1.00. The Kier molecular flexibility index (Phi) is 24.2. The second-order valence-electron chi connectivity index (χ2n) is 7.44. The topological polar surface area (TPSA) is 77.4 Å². The van der Waals surface area contributed by atoms with Gasteiger partial charge in [0.05, 0.1) is 16.2 Å². The van der Waals surface area contributed by atoms with Gasteiger partial charge in [0.25, 0.3) is 0 Å². The number of rotatable bonds is 19.